The van der Waals surface area contributed by atoms with E-state index >= 15 is 0 Å². The Hall–Kier alpha value is -3.13. The summed E-state index contributed by atoms with van der Waals surface area (Å²) >= 11 is 0. The number of para-hydroxylation sites is 1. The molecule has 8 heteroatoms. The Labute approximate surface area is 140 Å². The molecule has 1 aromatic carbocycles. The van der Waals surface area contributed by atoms with Crippen LogP contribution in [-0.4, -0.2) is 35.5 Å². The van der Waals surface area contributed by atoms with E-state index in [0.29, 0.717) is 17.8 Å². The largest absolute Gasteiger partial charge is 0.355 e. The third-order valence-corrected chi connectivity index (χ3v) is 3.26. The maximum Gasteiger partial charge on any atom is 0.337 e. The SMILES string of the molecule is CCN(N)C(=O)Nc1cc(Nc2ccccc2)c(C(=O)NC)cn1. The zero-order valence-corrected chi connectivity index (χ0v) is 13.5. The predicted octanol–water partition coefficient (Wildman–Crippen LogP) is 1.91. The molecular weight excluding hydrogens is 308 g/mol. The number of hydrogen-bond acceptors (Lipinski definition) is 5. The van der Waals surface area contributed by atoms with E-state index in [-0.39, 0.29) is 11.7 Å². The summed E-state index contributed by atoms with van der Waals surface area (Å²) in [6.07, 6.45) is 1.40. The number of aromatic nitrogens is 1. The topological polar surface area (TPSA) is 112 Å². The lowest BCUT2D eigenvalue weighted by molar-refractivity contribution is 0.0963. The van der Waals surface area contributed by atoms with Gasteiger partial charge in [-0.05, 0) is 19.1 Å². The second-order valence-corrected chi connectivity index (χ2v) is 4.90. The summed E-state index contributed by atoms with van der Waals surface area (Å²) in [5.41, 5.74) is 1.69. The van der Waals surface area contributed by atoms with Crippen molar-refractivity contribution in [3.63, 3.8) is 0 Å². The summed E-state index contributed by atoms with van der Waals surface area (Å²) in [7, 11) is 1.54. The van der Waals surface area contributed by atoms with Crippen molar-refractivity contribution in [2.24, 2.45) is 5.84 Å². The van der Waals surface area contributed by atoms with E-state index in [1.807, 2.05) is 30.3 Å². The number of carbonyl (C=O) groups is 2. The lowest BCUT2D eigenvalue weighted by Gasteiger charge is -2.16. The van der Waals surface area contributed by atoms with Crippen molar-refractivity contribution in [1.29, 1.82) is 0 Å². The highest BCUT2D eigenvalue weighted by molar-refractivity contribution is 6.00. The number of pyridine rings is 1. The molecule has 1 aromatic heterocycles. The Bertz CT molecular complexity index is 720. The van der Waals surface area contributed by atoms with Crippen molar-refractivity contribution >= 4 is 29.1 Å². The number of hydrazine groups is 1. The number of rotatable bonds is 5. The third kappa shape index (κ3) is 4.20. The third-order valence-electron chi connectivity index (χ3n) is 3.26. The van der Waals surface area contributed by atoms with Gasteiger partial charge in [-0.25, -0.2) is 15.6 Å². The zero-order chi connectivity index (χ0) is 17.5. The van der Waals surface area contributed by atoms with Gasteiger partial charge in [0, 0.05) is 31.5 Å². The van der Waals surface area contributed by atoms with Gasteiger partial charge in [0.15, 0.2) is 0 Å². The lowest BCUT2D eigenvalue weighted by Crippen LogP contribution is -2.40. The molecule has 2 rings (SSSR count). The maximum absolute atomic E-state index is 12.0. The first-order chi connectivity index (χ1) is 11.5. The van der Waals surface area contributed by atoms with E-state index in [1.54, 1.807) is 13.0 Å². The second-order valence-electron chi connectivity index (χ2n) is 4.90. The van der Waals surface area contributed by atoms with Crippen LogP contribution in [0.2, 0.25) is 0 Å². The van der Waals surface area contributed by atoms with Crippen LogP contribution in [0.25, 0.3) is 0 Å². The molecule has 3 amide bonds. The van der Waals surface area contributed by atoms with E-state index in [0.717, 1.165) is 10.7 Å². The number of nitrogens with zero attached hydrogens (tertiary/aromatic N) is 2. The van der Waals surface area contributed by atoms with Gasteiger partial charge >= 0.3 is 6.03 Å². The minimum Gasteiger partial charge on any atom is -0.355 e. The lowest BCUT2D eigenvalue weighted by atomic mass is 10.2. The highest BCUT2D eigenvalue weighted by Gasteiger charge is 2.14. The van der Waals surface area contributed by atoms with Gasteiger partial charge in [0.05, 0.1) is 11.3 Å². The van der Waals surface area contributed by atoms with Crippen molar-refractivity contribution in [2.45, 2.75) is 6.92 Å². The smallest absolute Gasteiger partial charge is 0.337 e. The van der Waals surface area contributed by atoms with Crippen molar-refractivity contribution in [1.82, 2.24) is 15.3 Å². The molecule has 126 valence electrons. The fraction of sp³-hybridized carbons (Fsp3) is 0.188. The molecular formula is C16H20N6O2. The van der Waals surface area contributed by atoms with Crippen molar-refractivity contribution in [3.8, 4) is 0 Å². The normalized spacial score (nSPS) is 9.96. The Balaban J connectivity index is 2.31. The molecule has 0 radical (unpaired) electrons. The zero-order valence-electron chi connectivity index (χ0n) is 13.5. The first-order valence-electron chi connectivity index (χ1n) is 7.42. The molecule has 0 fully saturated rings. The van der Waals surface area contributed by atoms with Gasteiger partial charge in [0.2, 0.25) is 0 Å². The first kappa shape index (κ1) is 17.2. The minimum atomic E-state index is -0.483. The van der Waals surface area contributed by atoms with Crippen LogP contribution < -0.4 is 21.8 Å². The summed E-state index contributed by atoms with van der Waals surface area (Å²) in [4.78, 5) is 27.9. The quantitative estimate of drug-likeness (QED) is 0.380. The molecule has 0 aliphatic heterocycles. The summed E-state index contributed by atoms with van der Waals surface area (Å²) in [6.45, 7) is 2.11. The highest BCUT2D eigenvalue weighted by atomic mass is 16.2. The molecule has 0 saturated carbocycles. The minimum absolute atomic E-state index is 0.284. The van der Waals surface area contributed by atoms with Gasteiger partial charge in [-0.15, -0.1) is 0 Å². The number of carbonyl (C=O) groups excluding carboxylic acids is 2. The first-order valence-corrected chi connectivity index (χ1v) is 7.42. The Morgan fingerprint density at radius 2 is 1.96 bits per heavy atom. The summed E-state index contributed by atoms with van der Waals surface area (Å²) < 4.78 is 0. The molecule has 24 heavy (non-hydrogen) atoms. The summed E-state index contributed by atoms with van der Waals surface area (Å²) in [5.74, 6) is 5.54. The molecule has 0 spiro atoms. The molecule has 0 saturated heterocycles. The standard InChI is InChI=1S/C16H20N6O2/c1-3-22(17)16(24)21-14-9-13(12(10-19-14)15(23)18-2)20-11-7-5-4-6-8-11/h4-10H,3,17H2,1-2H3,(H,18,23)(H2,19,20,21,24). The molecule has 0 unspecified atom stereocenters. The number of amides is 3. The van der Waals surface area contributed by atoms with E-state index in [9.17, 15) is 9.59 Å². The molecule has 1 heterocycles. The number of anilines is 3. The van der Waals surface area contributed by atoms with Crippen LogP contribution in [0.15, 0.2) is 42.6 Å². The summed E-state index contributed by atoms with van der Waals surface area (Å²) in [5, 5.41) is 9.32. The Kier molecular flexibility index (Phi) is 5.69. The van der Waals surface area contributed by atoms with Crippen LogP contribution in [0.4, 0.5) is 22.0 Å². The second kappa shape index (κ2) is 7.93. The van der Waals surface area contributed by atoms with Crippen LogP contribution in [0.5, 0.6) is 0 Å². The summed E-state index contributed by atoms with van der Waals surface area (Å²) in [6, 6.07) is 10.5. The van der Waals surface area contributed by atoms with E-state index in [1.165, 1.54) is 13.2 Å². The van der Waals surface area contributed by atoms with Gasteiger partial charge in [-0.1, -0.05) is 18.2 Å². The van der Waals surface area contributed by atoms with Crippen molar-refractivity contribution in [2.75, 3.05) is 24.2 Å². The van der Waals surface area contributed by atoms with E-state index in [2.05, 4.69) is 20.9 Å². The molecule has 2 aromatic rings. The fourth-order valence-corrected chi connectivity index (χ4v) is 1.94. The molecule has 0 aliphatic rings. The van der Waals surface area contributed by atoms with E-state index < -0.39 is 6.03 Å². The number of benzene rings is 1. The maximum atomic E-state index is 12.0. The van der Waals surface area contributed by atoms with Gasteiger partial charge in [0.25, 0.3) is 5.91 Å². The Morgan fingerprint density at radius 3 is 2.58 bits per heavy atom. The van der Waals surface area contributed by atoms with E-state index in [4.69, 9.17) is 5.84 Å². The van der Waals surface area contributed by atoms with Crippen LogP contribution in [-0.2, 0) is 0 Å². The average molecular weight is 328 g/mol. The van der Waals surface area contributed by atoms with Crippen molar-refractivity contribution in [3.05, 3.63) is 48.2 Å². The molecule has 8 nitrogen and oxygen atoms in total. The number of nitrogens with one attached hydrogen (secondary N) is 3. The van der Waals surface area contributed by atoms with Crippen molar-refractivity contribution < 1.29 is 9.59 Å². The van der Waals surface area contributed by atoms with Crippen LogP contribution in [0.3, 0.4) is 0 Å². The van der Waals surface area contributed by atoms with Gasteiger partial charge < -0.3 is 10.6 Å². The molecule has 0 atom stereocenters. The predicted molar refractivity (Wildman–Crippen MR) is 92.9 cm³/mol. The van der Waals surface area contributed by atoms with Gasteiger partial charge in [-0.3, -0.25) is 15.1 Å². The molecule has 0 bridgehead atoms. The number of urea groups is 1. The monoisotopic (exact) mass is 328 g/mol. The number of hydrogen-bond donors (Lipinski definition) is 4. The van der Waals surface area contributed by atoms with Gasteiger partial charge in [0.1, 0.15) is 5.82 Å². The molecule has 0 aliphatic carbocycles. The van der Waals surface area contributed by atoms with Gasteiger partial charge in [-0.2, -0.15) is 0 Å². The highest BCUT2D eigenvalue weighted by Crippen LogP contribution is 2.23. The Morgan fingerprint density at radius 1 is 1.25 bits per heavy atom. The fourth-order valence-electron chi connectivity index (χ4n) is 1.94. The van der Waals surface area contributed by atoms with Crippen LogP contribution in [0, 0.1) is 0 Å². The average Bonchev–Trinajstić information content (AvgIpc) is 2.61. The molecule has 5 N–H and O–H groups in total. The number of nitrogens with two attached hydrogens (primary N) is 1. The van der Waals surface area contributed by atoms with Crippen LogP contribution in [0.1, 0.15) is 17.3 Å². The van der Waals surface area contributed by atoms with Crippen LogP contribution >= 0.6 is 0 Å².